The maximum Gasteiger partial charge on any atom is 0.200 e. The Morgan fingerprint density at radius 1 is 1.40 bits per heavy atom. The van der Waals surface area contributed by atoms with Crippen molar-refractivity contribution in [2.24, 2.45) is 5.73 Å². The van der Waals surface area contributed by atoms with E-state index in [-0.39, 0.29) is 0 Å². The zero-order chi connectivity index (χ0) is 11.1. The van der Waals surface area contributed by atoms with Gasteiger partial charge < -0.3 is 15.2 Å². The van der Waals surface area contributed by atoms with Crippen molar-refractivity contribution in [2.75, 3.05) is 20.8 Å². The van der Waals surface area contributed by atoms with Gasteiger partial charge in [0.1, 0.15) is 5.82 Å². The number of aryl methyl sites for hydroxylation is 1. The number of hydrogen-bond acceptors (Lipinski definition) is 5. The molecule has 0 spiro atoms. The Balaban J connectivity index is 2.72. The van der Waals surface area contributed by atoms with Crippen molar-refractivity contribution in [1.29, 1.82) is 0 Å². The van der Waals surface area contributed by atoms with Crippen LogP contribution in [0.5, 0.6) is 0 Å². The molecule has 0 saturated heterocycles. The van der Waals surface area contributed by atoms with Gasteiger partial charge in [0.05, 0.1) is 5.69 Å². The van der Waals surface area contributed by atoms with E-state index >= 15 is 0 Å². The number of ether oxygens (including phenoxy) is 2. The van der Waals surface area contributed by atoms with Gasteiger partial charge in [-0.1, -0.05) is 0 Å². The first-order valence-corrected chi connectivity index (χ1v) is 4.89. The highest BCUT2D eigenvalue weighted by Gasteiger charge is 2.10. The second kappa shape index (κ2) is 6.44. The van der Waals surface area contributed by atoms with Crippen LogP contribution in [0.3, 0.4) is 0 Å². The lowest BCUT2D eigenvalue weighted by molar-refractivity contribution is -0.108. The summed E-state index contributed by atoms with van der Waals surface area (Å²) in [6.45, 7) is 0.644. The van der Waals surface area contributed by atoms with Crippen LogP contribution in [0.1, 0.15) is 24.2 Å². The average Bonchev–Trinajstić information content (AvgIpc) is 2.29. The lowest BCUT2D eigenvalue weighted by Gasteiger charge is -2.12. The summed E-state index contributed by atoms with van der Waals surface area (Å²) in [6.07, 6.45) is 2.95. The van der Waals surface area contributed by atoms with Gasteiger partial charge in [0.2, 0.25) is 6.29 Å². The first kappa shape index (κ1) is 12.0. The van der Waals surface area contributed by atoms with E-state index in [1.165, 1.54) is 0 Å². The van der Waals surface area contributed by atoms with Crippen LogP contribution in [0.4, 0.5) is 0 Å². The predicted octanol–water partition coefficient (Wildman–Crippen LogP) is 0.659. The molecule has 1 aromatic heterocycles. The summed E-state index contributed by atoms with van der Waals surface area (Å²) in [5.74, 6) is 0.775. The topological polar surface area (TPSA) is 70.3 Å². The molecule has 5 nitrogen and oxygen atoms in total. The fourth-order valence-corrected chi connectivity index (χ4v) is 1.26. The Kier molecular flexibility index (Phi) is 5.17. The van der Waals surface area contributed by atoms with Gasteiger partial charge in [-0.15, -0.1) is 0 Å². The van der Waals surface area contributed by atoms with Crippen LogP contribution in [0.2, 0.25) is 0 Å². The van der Waals surface area contributed by atoms with Gasteiger partial charge in [0, 0.05) is 26.8 Å². The van der Waals surface area contributed by atoms with Crippen molar-refractivity contribution >= 4 is 0 Å². The number of nitrogens with zero attached hydrogens (tertiary/aromatic N) is 2. The van der Waals surface area contributed by atoms with Crippen LogP contribution in [0, 0.1) is 0 Å². The molecule has 0 radical (unpaired) electrons. The van der Waals surface area contributed by atoms with Crippen molar-refractivity contribution in [3.05, 3.63) is 23.8 Å². The molecule has 1 aromatic rings. The fraction of sp³-hybridized carbons (Fsp3) is 0.600. The second-order valence-electron chi connectivity index (χ2n) is 3.09. The van der Waals surface area contributed by atoms with Gasteiger partial charge in [-0.05, 0) is 19.0 Å². The summed E-state index contributed by atoms with van der Waals surface area (Å²) < 4.78 is 10.2. The molecule has 15 heavy (non-hydrogen) atoms. The maximum absolute atomic E-state index is 5.42. The number of methoxy groups -OCH3 is 2. The van der Waals surface area contributed by atoms with Crippen molar-refractivity contribution < 1.29 is 9.47 Å². The SMILES string of the molecule is COC(OC)c1ccnc(CCCN)n1. The number of nitrogens with two attached hydrogens (primary N) is 1. The molecule has 0 aliphatic rings. The van der Waals surface area contributed by atoms with Crippen molar-refractivity contribution in [3.63, 3.8) is 0 Å². The zero-order valence-electron chi connectivity index (χ0n) is 9.14. The van der Waals surface area contributed by atoms with Gasteiger partial charge in [-0.3, -0.25) is 0 Å². The third-order valence-electron chi connectivity index (χ3n) is 2.00. The normalized spacial score (nSPS) is 10.9. The van der Waals surface area contributed by atoms with Gasteiger partial charge in [-0.25, -0.2) is 9.97 Å². The molecule has 0 aliphatic heterocycles. The van der Waals surface area contributed by atoms with Crippen LogP contribution < -0.4 is 5.73 Å². The first-order chi connectivity index (χ1) is 7.31. The van der Waals surface area contributed by atoms with E-state index < -0.39 is 6.29 Å². The molecule has 0 atom stereocenters. The minimum Gasteiger partial charge on any atom is -0.350 e. The molecule has 0 aliphatic carbocycles. The second-order valence-corrected chi connectivity index (χ2v) is 3.09. The summed E-state index contributed by atoms with van der Waals surface area (Å²) in [7, 11) is 3.16. The van der Waals surface area contributed by atoms with Gasteiger partial charge in [0.25, 0.3) is 0 Å². The third-order valence-corrected chi connectivity index (χ3v) is 2.00. The Bertz CT molecular complexity index is 290. The maximum atomic E-state index is 5.42. The number of rotatable bonds is 6. The fourth-order valence-electron chi connectivity index (χ4n) is 1.26. The highest BCUT2D eigenvalue weighted by Crippen LogP contribution is 2.14. The third kappa shape index (κ3) is 3.54. The Morgan fingerprint density at radius 2 is 2.13 bits per heavy atom. The summed E-state index contributed by atoms with van der Waals surface area (Å²) in [5, 5.41) is 0. The molecule has 1 heterocycles. The van der Waals surface area contributed by atoms with E-state index in [1.54, 1.807) is 26.5 Å². The van der Waals surface area contributed by atoms with Crippen molar-refractivity contribution in [1.82, 2.24) is 9.97 Å². The molecule has 0 aromatic carbocycles. The predicted molar refractivity (Wildman–Crippen MR) is 56.2 cm³/mol. The zero-order valence-corrected chi connectivity index (χ0v) is 9.14. The van der Waals surface area contributed by atoms with E-state index in [2.05, 4.69) is 9.97 Å². The molecule has 0 fully saturated rings. The summed E-state index contributed by atoms with van der Waals surface area (Å²) >= 11 is 0. The molecule has 0 saturated carbocycles. The minimum atomic E-state index is -0.426. The summed E-state index contributed by atoms with van der Waals surface area (Å²) in [6, 6.07) is 1.78. The molecule has 0 amide bonds. The molecule has 0 unspecified atom stereocenters. The Hall–Kier alpha value is -1.04. The summed E-state index contributed by atoms with van der Waals surface area (Å²) in [5.41, 5.74) is 6.16. The smallest absolute Gasteiger partial charge is 0.200 e. The van der Waals surface area contributed by atoms with Crippen LogP contribution in [-0.2, 0) is 15.9 Å². The lowest BCUT2D eigenvalue weighted by atomic mass is 10.3. The molecule has 84 valence electrons. The van der Waals surface area contributed by atoms with E-state index in [4.69, 9.17) is 15.2 Å². The van der Waals surface area contributed by atoms with E-state index in [0.29, 0.717) is 6.54 Å². The average molecular weight is 211 g/mol. The number of hydrogen-bond donors (Lipinski definition) is 1. The van der Waals surface area contributed by atoms with Crippen LogP contribution in [0.15, 0.2) is 12.3 Å². The van der Waals surface area contributed by atoms with Crippen molar-refractivity contribution in [3.8, 4) is 0 Å². The monoisotopic (exact) mass is 211 g/mol. The van der Waals surface area contributed by atoms with Crippen LogP contribution in [0.25, 0.3) is 0 Å². The van der Waals surface area contributed by atoms with Crippen molar-refractivity contribution in [2.45, 2.75) is 19.1 Å². The van der Waals surface area contributed by atoms with E-state index in [9.17, 15) is 0 Å². The van der Waals surface area contributed by atoms with E-state index in [0.717, 1.165) is 24.4 Å². The Morgan fingerprint density at radius 3 is 2.73 bits per heavy atom. The highest BCUT2D eigenvalue weighted by molar-refractivity contribution is 5.04. The van der Waals surface area contributed by atoms with Crippen LogP contribution in [-0.4, -0.2) is 30.7 Å². The number of aromatic nitrogens is 2. The molecule has 2 N–H and O–H groups in total. The Labute approximate surface area is 89.6 Å². The van der Waals surface area contributed by atoms with E-state index in [1.807, 2.05) is 0 Å². The first-order valence-electron chi connectivity index (χ1n) is 4.89. The minimum absolute atomic E-state index is 0.426. The standard InChI is InChI=1S/C10H17N3O2/c1-14-10(15-2)8-5-7-12-9(13-8)4-3-6-11/h5,7,10H,3-4,6,11H2,1-2H3. The molecular weight excluding hydrogens is 194 g/mol. The quantitative estimate of drug-likeness (QED) is 0.700. The summed E-state index contributed by atoms with van der Waals surface area (Å²) in [4.78, 5) is 8.49. The lowest BCUT2D eigenvalue weighted by Crippen LogP contribution is -2.09. The molecule has 0 bridgehead atoms. The van der Waals surface area contributed by atoms with Crippen LogP contribution >= 0.6 is 0 Å². The van der Waals surface area contributed by atoms with Gasteiger partial charge in [-0.2, -0.15) is 0 Å². The molecule has 5 heteroatoms. The largest absolute Gasteiger partial charge is 0.350 e. The van der Waals surface area contributed by atoms with Gasteiger partial charge in [0.15, 0.2) is 0 Å². The van der Waals surface area contributed by atoms with Gasteiger partial charge >= 0.3 is 0 Å². The highest BCUT2D eigenvalue weighted by atomic mass is 16.7. The molecular formula is C10H17N3O2. The molecule has 1 rings (SSSR count).